The number of ether oxygens (including phenoxy) is 1. The number of halogens is 1. The molecule has 106 valence electrons. The molecule has 1 aromatic heterocycles. The van der Waals surface area contributed by atoms with Crippen LogP contribution in [0.5, 0.6) is 0 Å². The standard InChI is InChI=1S/C13H19ClN2O2S/c1-13(6-4-3-5-7-13)8-15-12-16-10(14)9(19-12)11(17)18-2/h3-8H2,1-2H3,(H,15,16). The predicted octanol–water partition coefficient (Wildman–Crippen LogP) is 3.97. The second kappa shape index (κ2) is 6.09. The number of carbonyl (C=O) groups is 1. The largest absolute Gasteiger partial charge is 0.465 e. The molecule has 1 fully saturated rings. The van der Waals surface area contributed by atoms with Gasteiger partial charge in [-0.15, -0.1) is 0 Å². The van der Waals surface area contributed by atoms with Crippen molar-refractivity contribution in [1.29, 1.82) is 0 Å². The van der Waals surface area contributed by atoms with Crippen LogP contribution in [0.15, 0.2) is 0 Å². The lowest BCUT2D eigenvalue weighted by atomic mass is 9.76. The molecule has 1 saturated carbocycles. The molecular weight excluding hydrogens is 284 g/mol. The minimum atomic E-state index is -0.431. The Kier molecular flexibility index (Phi) is 4.68. The molecule has 1 heterocycles. The van der Waals surface area contributed by atoms with E-state index >= 15 is 0 Å². The molecule has 0 saturated heterocycles. The molecule has 0 amide bonds. The number of nitrogens with one attached hydrogen (secondary N) is 1. The SMILES string of the molecule is COC(=O)c1sc(NCC2(C)CCCCC2)nc1Cl. The maximum Gasteiger partial charge on any atom is 0.351 e. The molecule has 6 heteroatoms. The molecule has 1 aliphatic carbocycles. The highest BCUT2D eigenvalue weighted by molar-refractivity contribution is 7.18. The summed E-state index contributed by atoms with van der Waals surface area (Å²) in [5.74, 6) is -0.431. The van der Waals surface area contributed by atoms with Gasteiger partial charge in [0.15, 0.2) is 15.2 Å². The van der Waals surface area contributed by atoms with Crippen molar-refractivity contribution in [2.24, 2.45) is 5.41 Å². The Morgan fingerprint density at radius 1 is 1.47 bits per heavy atom. The lowest BCUT2D eigenvalue weighted by Crippen LogP contribution is -2.28. The third kappa shape index (κ3) is 3.60. The van der Waals surface area contributed by atoms with Crippen LogP contribution in [0.25, 0.3) is 0 Å². The third-order valence-corrected chi connectivity index (χ3v) is 5.06. The smallest absolute Gasteiger partial charge is 0.351 e. The van der Waals surface area contributed by atoms with Crippen molar-refractivity contribution in [3.8, 4) is 0 Å². The van der Waals surface area contributed by atoms with Crippen LogP contribution in [-0.4, -0.2) is 24.6 Å². The van der Waals surface area contributed by atoms with Gasteiger partial charge >= 0.3 is 5.97 Å². The van der Waals surface area contributed by atoms with E-state index in [0.29, 0.717) is 15.4 Å². The van der Waals surface area contributed by atoms with Crippen LogP contribution in [0.2, 0.25) is 5.15 Å². The van der Waals surface area contributed by atoms with E-state index in [-0.39, 0.29) is 5.15 Å². The number of hydrogen-bond acceptors (Lipinski definition) is 5. The lowest BCUT2D eigenvalue weighted by molar-refractivity contribution is 0.0606. The summed E-state index contributed by atoms with van der Waals surface area (Å²) in [5, 5.41) is 4.22. The van der Waals surface area contributed by atoms with Crippen molar-refractivity contribution in [2.75, 3.05) is 19.0 Å². The number of carbonyl (C=O) groups excluding carboxylic acids is 1. The lowest BCUT2D eigenvalue weighted by Gasteiger charge is -2.33. The van der Waals surface area contributed by atoms with E-state index in [2.05, 4.69) is 22.0 Å². The maximum atomic E-state index is 11.5. The molecular formula is C13H19ClN2O2S. The Balaban J connectivity index is 1.98. The minimum absolute atomic E-state index is 0.216. The Hall–Kier alpha value is -0.810. The van der Waals surface area contributed by atoms with E-state index in [0.717, 1.165) is 6.54 Å². The normalized spacial score (nSPS) is 18.1. The second-order valence-corrected chi connectivity index (χ2v) is 6.71. The van der Waals surface area contributed by atoms with Crippen molar-refractivity contribution < 1.29 is 9.53 Å². The quantitative estimate of drug-likeness (QED) is 0.855. The van der Waals surface area contributed by atoms with E-state index in [9.17, 15) is 4.79 Å². The summed E-state index contributed by atoms with van der Waals surface area (Å²) in [6, 6.07) is 0. The molecule has 19 heavy (non-hydrogen) atoms. The van der Waals surface area contributed by atoms with Gasteiger partial charge in [0.25, 0.3) is 0 Å². The monoisotopic (exact) mass is 302 g/mol. The van der Waals surface area contributed by atoms with Gasteiger partial charge < -0.3 is 10.1 Å². The highest BCUT2D eigenvalue weighted by Crippen LogP contribution is 2.36. The number of anilines is 1. The van der Waals surface area contributed by atoms with Crippen molar-refractivity contribution in [1.82, 2.24) is 4.98 Å². The van der Waals surface area contributed by atoms with E-state index in [1.807, 2.05) is 0 Å². The van der Waals surface area contributed by atoms with Gasteiger partial charge in [0.1, 0.15) is 0 Å². The highest BCUT2D eigenvalue weighted by Gasteiger charge is 2.27. The Labute approximate surface area is 122 Å². The molecule has 0 atom stereocenters. The molecule has 0 radical (unpaired) electrons. The van der Waals surface area contributed by atoms with Gasteiger partial charge in [-0.3, -0.25) is 0 Å². The van der Waals surface area contributed by atoms with Gasteiger partial charge in [-0.25, -0.2) is 9.78 Å². The second-order valence-electron chi connectivity index (χ2n) is 5.36. The summed E-state index contributed by atoms with van der Waals surface area (Å²) >= 11 is 7.18. The number of aromatic nitrogens is 1. The third-order valence-electron chi connectivity index (χ3n) is 3.68. The maximum absolute atomic E-state index is 11.5. The Morgan fingerprint density at radius 2 is 2.16 bits per heavy atom. The number of methoxy groups -OCH3 is 1. The molecule has 0 bridgehead atoms. The Morgan fingerprint density at radius 3 is 2.79 bits per heavy atom. The molecule has 1 aromatic rings. The van der Waals surface area contributed by atoms with Gasteiger partial charge in [0.2, 0.25) is 0 Å². The molecule has 0 unspecified atom stereocenters. The molecule has 1 aliphatic rings. The fourth-order valence-electron chi connectivity index (χ4n) is 2.47. The summed E-state index contributed by atoms with van der Waals surface area (Å²) < 4.78 is 4.66. The molecule has 0 aliphatic heterocycles. The molecule has 0 aromatic carbocycles. The predicted molar refractivity (Wildman–Crippen MR) is 78.1 cm³/mol. The van der Waals surface area contributed by atoms with E-state index in [4.69, 9.17) is 11.6 Å². The number of rotatable bonds is 4. The first-order chi connectivity index (χ1) is 9.04. The van der Waals surface area contributed by atoms with Crippen LogP contribution in [0, 0.1) is 5.41 Å². The van der Waals surface area contributed by atoms with Crippen molar-refractivity contribution in [3.05, 3.63) is 10.0 Å². The molecule has 1 N–H and O–H groups in total. The van der Waals surface area contributed by atoms with E-state index in [1.165, 1.54) is 50.6 Å². The zero-order valence-electron chi connectivity index (χ0n) is 11.3. The number of thiazole rings is 1. The van der Waals surface area contributed by atoms with Gasteiger partial charge in [-0.05, 0) is 18.3 Å². The minimum Gasteiger partial charge on any atom is -0.465 e. The van der Waals surface area contributed by atoms with Gasteiger partial charge in [-0.1, -0.05) is 49.1 Å². The van der Waals surface area contributed by atoms with Gasteiger partial charge in [-0.2, -0.15) is 0 Å². The highest BCUT2D eigenvalue weighted by atomic mass is 35.5. The summed E-state index contributed by atoms with van der Waals surface area (Å²) in [4.78, 5) is 16.0. The van der Waals surface area contributed by atoms with Gasteiger partial charge in [0.05, 0.1) is 7.11 Å². The number of esters is 1. The Bertz CT molecular complexity index is 455. The first-order valence-electron chi connectivity index (χ1n) is 6.53. The first-order valence-corrected chi connectivity index (χ1v) is 7.72. The molecule has 4 nitrogen and oxygen atoms in total. The van der Waals surface area contributed by atoms with Crippen molar-refractivity contribution in [2.45, 2.75) is 39.0 Å². The van der Waals surface area contributed by atoms with E-state index in [1.54, 1.807) is 0 Å². The van der Waals surface area contributed by atoms with Crippen LogP contribution in [-0.2, 0) is 4.74 Å². The first kappa shape index (κ1) is 14.6. The zero-order valence-corrected chi connectivity index (χ0v) is 12.9. The summed E-state index contributed by atoms with van der Waals surface area (Å²) in [7, 11) is 1.34. The molecule has 0 spiro atoms. The van der Waals surface area contributed by atoms with Crippen LogP contribution in [0.3, 0.4) is 0 Å². The van der Waals surface area contributed by atoms with Crippen LogP contribution >= 0.6 is 22.9 Å². The van der Waals surface area contributed by atoms with Crippen LogP contribution in [0.1, 0.15) is 48.7 Å². The van der Waals surface area contributed by atoms with Crippen LogP contribution in [0.4, 0.5) is 5.13 Å². The zero-order chi connectivity index (χ0) is 13.9. The van der Waals surface area contributed by atoms with Gasteiger partial charge in [0, 0.05) is 6.54 Å². The van der Waals surface area contributed by atoms with E-state index < -0.39 is 5.97 Å². The summed E-state index contributed by atoms with van der Waals surface area (Å²) in [6.07, 6.45) is 6.41. The average Bonchev–Trinajstić information content (AvgIpc) is 2.78. The summed E-state index contributed by atoms with van der Waals surface area (Å²) in [5.41, 5.74) is 0.321. The van der Waals surface area contributed by atoms with Crippen LogP contribution < -0.4 is 5.32 Å². The fourth-order valence-corrected chi connectivity index (χ4v) is 3.57. The van der Waals surface area contributed by atoms with Crippen molar-refractivity contribution in [3.63, 3.8) is 0 Å². The fraction of sp³-hybridized carbons (Fsp3) is 0.692. The molecule has 2 rings (SSSR count). The number of nitrogens with zero attached hydrogens (tertiary/aromatic N) is 1. The number of hydrogen-bond donors (Lipinski definition) is 1. The summed E-state index contributed by atoms with van der Waals surface area (Å²) in [6.45, 7) is 3.17. The topological polar surface area (TPSA) is 51.2 Å². The van der Waals surface area contributed by atoms with Crippen molar-refractivity contribution >= 4 is 34.0 Å². The average molecular weight is 303 g/mol.